The summed E-state index contributed by atoms with van der Waals surface area (Å²) in [6.45, 7) is 5.12. The van der Waals surface area contributed by atoms with E-state index in [0.717, 1.165) is 0 Å². The van der Waals surface area contributed by atoms with Gasteiger partial charge in [0, 0.05) is 10.5 Å². The van der Waals surface area contributed by atoms with Crippen LogP contribution in [0.5, 0.6) is 0 Å². The second kappa shape index (κ2) is 5.58. The Morgan fingerprint density at radius 3 is 2.57 bits per heavy atom. The van der Waals surface area contributed by atoms with E-state index in [-0.39, 0.29) is 16.9 Å². The van der Waals surface area contributed by atoms with Crippen LogP contribution in [-0.2, 0) is 4.79 Å². The molecule has 0 saturated heterocycles. The van der Waals surface area contributed by atoms with Crippen molar-refractivity contribution in [2.75, 3.05) is 5.75 Å². The second-order valence-electron chi connectivity index (χ2n) is 3.93. The summed E-state index contributed by atoms with van der Waals surface area (Å²) in [5.41, 5.74) is 5.36. The maximum atomic E-state index is 10.5. The van der Waals surface area contributed by atoms with Crippen molar-refractivity contribution >= 4 is 17.7 Å². The van der Waals surface area contributed by atoms with E-state index in [0.29, 0.717) is 0 Å². The van der Waals surface area contributed by atoms with Gasteiger partial charge in [0.15, 0.2) is 0 Å². The van der Waals surface area contributed by atoms with Crippen molar-refractivity contribution in [2.24, 2.45) is 5.73 Å². The lowest BCUT2D eigenvalue weighted by Gasteiger charge is -2.26. The first kappa shape index (κ1) is 11.8. The van der Waals surface area contributed by atoms with Gasteiger partial charge in [-0.05, 0) is 13.3 Å². The zero-order chi connectivity index (χ0) is 12.3. The van der Waals surface area contributed by atoms with Crippen LogP contribution in [0.2, 0.25) is 0 Å². The Kier molecular flexibility index (Phi) is 4.71. The second-order valence-corrected chi connectivity index (χ2v) is 5.65. The third-order valence-corrected chi connectivity index (χ3v) is 3.10. The van der Waals surface area contributed by atoms with Gasteiger partial charge in [-0.15, -0.1) is 0 Å². The molecule has 0 aliphatic heterocycles. The van der Waals surface area contributed by atoms with Gasteiger partial charge in [-0.2, -0.15) is 11.8 Å². The Hall–Kier alpha value is -0.260. The maximum absolute atomic E-state index is 10.5. The van der Waals surface area contributed by atoms with Gasteiger partial charge < -0.3 is 15.9 Å². The zero-order valence-corrected chi connectivity index (χ0v) is 9.60. The van der Waals surface area contributed by atoms with Gasteiger partial charge in [-0.25, -0.2) is 0 Å². The lowest BCUT2D eigenvalue weighted by Crippen LogP contribution is -2.35. The molecule has 14 heavy (non-hydrogen) atoms. The molecule has 4 N–H and O–H groups in total. The van der Waals surface area contributed by atoms with E-state index < -0.39 is 18.1 Å². The summed E-state index contributed by atoms with van der Waals surface area (Å²) in [5, 5.41) is 17.9. The van der Waals surface area contributed by atoms with Gasteiger partial charge in [-0.3, -0.25) is 4.79 Å². The first-order chi connectivity index (χ1) is 6.53. The SMILES string of the molecule is [2H]C(C)(O)CC(C)(C)SC[C@H](N)C(=O)O. The van der Waals surface area contributed by atoms with E-state index >= 15 is 0 Å². The topological polar surface area (TPSA) is 83.5 Å². The minimum Gasteiger partial charge on any atom is -0.480 e. The number of aliphatic carboxylic acids is 1. The highest BCUT2D eigenvalue weighted by Crippen LogP contribution is 2.29. The molecule has 0 saturated carbocycles. The highest BCUT2D eigenvalue weighted by atomic mass is 32.2. The van der Waals surface area contributed by atoms with Crippen LogP contribution in [0.1, 0.15) is 28.6 Å². The summed E-state index contributed by atoms with van der Waals surface area (Å²) >= 11 is 1.36. The van der Waals surface area contributed by atoms with Gasteiger partial charge >= 0.3 is 5.97 Å². The molecule has 0 aromatic heterocycles. The summed E-state index contributed by atoms with van der Waals surface area (Å²) in [6, 6.07) is -0.898. The van der Waals surface area contributed by atoms with Crippen molar-refractivity contribution in [1.82, 2.24) is 0 Å². The summed E-state index contributed by atoms with van der Waals surface area (Å²) in [5.74, 6) is -0.755. The van der Waals surface area contributed by atoms with Crippen LogP contribution in [0.25, 0.3) is 0 Å². The van der Waals surface area contributed by atoms with Crippen LogP contribution in [0, 0.1) is 0 Å². The molecule has 0 rings (SSSR count). The number of rotatable bonds is 6. The van der Waals surface area contributed by atoms with Crippen molar-refractivity contribution in [3.63, 3.8) is 0 Å². The number of aliphatic hydroxyl groups is 1. The van der Waals surface area contributed by atoms with Crippen molar-refractivity contribution in [3.05, 3.63) is 0 Å². The fourth-order valence-corrected chi connectivity index (χ4v) is 2.14. The first-order valence-electron chi connectivity index (χ1n) is 4.88. The van der Waals surface area contributed by atoms with E-state index in [2.05, 4.69) is 0 Å². The first-order valence-corrected chi connectivity index (χ1v) is 5.37. The summed E-state index contributed by atoms with van der Waals surface area (Å²) in [4.78, 5) is 10.5. The molecule has 1 unspecified atom stereocenters. The number of carbonyl (C=O) groups is 1. The lowest BCUT2D eigenvalue weighted by atomic mass is 10.1. The maximum Gasteiger partial charge on any atom is 0.321 e. The number of hydrogen-bond acceptors (Lipinski definition) is 4. The normalized spacial score (nSPS) is 19.6. The molecule has 0 radical (unpaired) electrons. The standard InChI is InChI=1S/C9H19NO3S/c1-6(11)4-9(2,3)14-5-7(10)8(12)13/h6-7,11H,4-5,10H2,1-3H3,(H,12,13)/t6?,7-/m0/s1/i6D. The van der Waals surface area contributed by atoms with E-state index in [9.17, 15) is 9.90 Å². The van der Waals surface area contributed by atoms with Crippen LogP contribution in [-0.4, -0.2) is 38.8 Å². The molecule has 0 bridgehead atoms. The lowest BCUT2D eigenvalue weighted by molar-refractivity contribution is -0.137. The Balaban J connectivity index is 4.10. The van der Waals surface area contributed by atoms with E-state index in [4.69, 9.17) is 12.2 Å². The molecule has 0 aliphatic carbocycles. The molecule has 0 aromatic carbocycles. The smallest absolute Gasteiger partial charge is 0.321 e. The Morgan fingerprint density at radius 2 is 2.21 bits per heavy atom. The summed E-state index contributed by atoms with van der Waals surface area (Å²) in [6.07, 6.45) is -1.24. The van der Waals surface area contributed by atoms with Crippen LogP contribution in [0.4, 0.5) is 0 Å². The van der Waals surface area contributed by atoms with E-state index in [1.807, 2.05) is 13.8 Å². The largest absolute Gasteiger partial charge is 0.480 e. The number of thioether (sulfide) groups is 1. The fraction of sp³-hybridized carbons (Fsp3) is 0.889. The fourth-order valence-electron chi connectivity index (χ4n) is 1.05. The molecular weight excluding hydrogens is 202 g/mol. The van der Waals surface area contributed by atoms with E-state index in [1.54, 1.807) is 0 Å². The minimum atomic E-state index is -1.50. The van der Waals surface area contributed by atoms with Gasteiger partial charge in [0.25, 0.3) is 0 Å². The molecule has 0 spiro atoms. The number of hydrogen-bond donors (Lipinski definition) is 3. The Labute approximate surface area is 90.3 Å². The highest BCUT2D eigenvalue weighted by Gasteiger charge is 2.23. The van der Waals surface area contributed by atoms with Crippen LogP contribution < -0.4 is 5.73 Å². The number of carboxylic acids is 1. The number of nitrogens with two attached hydrogens (primary N) is 1. The molecule has 4 nitrogen and oxygen atoms in total. The molecule has 0 aliphatic rings. The molecule has 0 amide bonds. The average Bonchev–Trinajstić information content (AvgIpc) is 1.95. The van der Waals surface area contributed by atoms with Crippen molar-refractivity contribution in [1.29, 1.82) is 0 Å². The average molecular weight is 222 g/mol. The highest BCUT2D eigenvalue weighted by molar-refractivity contribution is 8.00. The van der Waals surface area contributed by atoms with Crippen molar-refractivity contribution in [3.8, 4) is 0 Å². The van der Waals surface area contributed by atoms with Crippen molar-refractivity contribution in [2.45, 2.75) is 44.1 Å². The molecule has 2 atom stereocenters. The molecule has 0 aromatic rings. The third-order valence-electron chi connectivity index (χ3n) is 1.65. The van der Waals surface area contributed by atoms with E-state index in [1.165, 1.54) is 18.7 Å². The van der Waals surface area contributed by atoms with Gasteiger partial charge in [0.1, 0.15) is 6.04 Å². The van der Waals surface area contributed by atoms with Crippen molar-refractivity contribution < 1.29 is 16.4 Å². The molecule has 84 valence electrons. The monoisotopic (exact) mass is 222 g/mol. The predicted octanol–water partition coefficient (Wildman–Crippen LogP) is 0.681. The van der Waals surface area contributed by atoms with Gasteiger partial charge in [-0.1, -0.05) is 13.8 Å². The molecular formula is C9H19NO3S. The Bertz CT molecular complexity index is 228. The zero-order valence-electron chi connectivity index (χ0n) is 9.78. The van der Waals surface area contributed by atoms with Crippen LogP contribution in [0.3, 0.4) is 0 Å². The molecule has 5 heteroatoms. The summed E-state index contributed by atoms with van der Waals surface area (Å²) in [7, 11) is 0. The van der Waals surface area contributed by atoms with Gasteiger partial charge in [0.2, 0.25) is 0 Å². The van der Waals surface area contributed by atoms with Crippen LogP contribution >= 0.6 is 11.8 Å². The molecule has 0 heterocycles. The predicted molar refractivity (Wildman–Crippen MR) is 58.4 cm³/mol. The summed E-state index contributed by atoms with van der Waals surface area (Å²) < 4.78 is 6.99. The molecule has 0 fully saturated rings. The number of carboxylic acid groups (broad SMARTS) is 1. The quantitative estimate of drug-likeness (QED) is 0.615. The van der Waals surface area contributed by atoms with Gasteiger partial charge in [0.05, 0.1) is 7.45 Å². The Morgan fingerprint density at radius 1 is 1.71 bits per heavy atom. The third kappa shape index (κ3) is 6.23. The minimum absolute atomic E-state index is 0.261. The van der Waals surface area contributed by atoms with Crippen LogP contribution in [0.15, 0.2) is 0 Å².